The van der Waals surface area contributed by atoms with Crippen LogP contribution < -0.4 is 9.80 Å². The molecule has 1 aromatic carbocycles. The minimum absolute atomic E-state index is 0.794. The number of rotatable bonds is 2. The summed E-state index contributed by atoms with van der Waals surface area (Å²) in [6.07, 6.45) is 5.19. The number of anilines is 2. The summed E-state index contributed by atoms with van der Waals surface area (Å²) in [7, 11) is 3.99. The van der Waals surface area contributed by atoms with E-state index < -0.39 is 0 Å². The van der Waals surface area contributed by atoms with Gasteiger partial charge in [-0.2, -0.15) is 4.98 Å². The number of nitrogens with zero attached hydrogens (tertiary/aromatic N) is 4. The van der Waals surface area contributed by atoms with Gasteiger partial charge in [-0.05, 0) is 25.0 Å². The minimum Gasteiger partial charge on any atom is -0.356 e. The van der Waals surface area contributed by atoms with Gasteiger partial charge < -0.3 is 9.80 Å². The quantitative estimate of drug-likeness (QED) is 0.839. The number of para-hydroxylation sites is 1. The number of fused-ring (bicyclic) bond motifs is 1. The maximum absolute atomic E-state index is 4.81. The second-order valence-electron chi connectivity index (χ2n) is 5.66. The van der Waals surface area contributed by atoms with Crippen molar-refractivity contribution in [2.75, 3.05) is 37.0 Å². The fourth-order valence-electron chi connectivity index (χ4n) is 2.77. The largest absolute Gasteiger partial charge is 0.356 e. The fraction of sp³-hybridized carbons (Fsp3) is 0.500. The van der Waals surface area contributed by atoms with Crippen LogP contribution in [0.25, 0.3) is 10.9 Å². The number of aromatic nitrogens is 2. The van der Waals surface area contributed by atoms with Crippen LogP contribution in [-0.4, -0.2) is 37.2 Å². The Labute approximate surface area is 120 Å². The highest BCUT2D eigenvalue weighted by Crippen LogP contribution is 2.27. The van der Waals surface area contributed by atoms with Gasteiger partial charge >= 0.3 is 0 Å². The van der Waals surface area contributed by atoms with Crippen LogP contribution in [0.5, 0.6) is 0 Å². The Morgan fingerprint density at radius 2 is 1.65 bits per heavy atom. The molecule has 1 aliphatic rings. The zero-order valence-corrected chi connectivity index (χ0v) is 12.3. The molecule has 20 heavy (non-hydrogen) atoms. The van der Waals surface area contributed by atoms with Crippen LogP contribution in [0.15, 0.2) is 24.3 Å². The van der Waals surface area contributed by atoms with Gasteiger partial charge in [0.2, 0.25) is 5.95 Å². The molecule has 0 bridgehead atoms. The molecule has 1 fully saturated rings. The lowest BCUT2D eigenvalue weighted by Gasteiger charge is -2.24. The summed E-state index contributed by atoms with van der Waals surface area (Å²) in [5.74, 6) is 1.89. The molecule has 0 unspecified atom stereocenters. The van der Waals surface area contributed by atoms with Crippen molar-refractivity contribution in [1.82, 2.24) is 9.97 Å². The molecule has 0 atom stereocenters. The van der Waals surface area contributed by atoms with Crippen molar-refractivity contribution in [1.29, 1.82) is 0 Å². The zero-order valence-electron chi connectivity index (χ0n) is 12.3. The summed E-state index contributed by atoms with van der Waals surface area (Å²) in [5, 5.41) is 1.17. The van der Waals surface area contributed by atoms with Crippen molar-refractivity contribution in [3.63, 3.8) is 0 Å². The Morgan fingerprint density at radius 3 is 2.35 bits per heavy atom. The normalized spacial score (nSPS) is 16.2. The monoisotopic (exact) mass is 270 g/mol. The molecule has 4 nitrogen and oxygen atoms in total. The standard InChI is InChI=1S/C16H22N4/c1-19(2)16-17-14-10-6-5-9-13(14)15(18-16)20-11-7-3-4-8-12-20/h5-6,9-10H,3-4,7-8,11-12H2,1-2H3. The highest BCUT2D eigenvalue weighted by molar-refractivity contribution is 5.90. The van der Waals surface area contributed by atoms with Crippen LogP contribution in [0.3, 0.4) is 0 Å². The molecular weight excluding hydrogens is 248 g/mol. The van der Waals surface area contributed by atoms with Crippen LogP contribution in [0.1, 0.15) is 25.7 Å². The lowest BCUT2D eigenvalue weighted by atomic mass is 10.2. The van der Waals surface area contributed by atoms with Crippen molar-refractivity contribution in [3.05, 3.63) is 24.3 Å². The second-order valence-corrected chi connectivity index (χ2v) is 5.66. The molecule has 0 saturated carbocycles. The summed E-state index contributed by atoms with van der Waals surface area (Å²) >= 11 is 0. The molecule has 2 heterocycles. The molecule has 1 aromatic heterocycles. The third kappa shape index (κ3) is 2.55. The Hall–Kier alpha value is -1.84. The Balaban J connectivity index is 2.11. The van der Waals surface area contributed by atoms with Crippen LogP contribution in [0.4, 0.5) is 11.8 Å². The average molecular weight is 270 g/mol. The second kappa shape index (κ2) is 5.65. The third-order valence-electron chi connectivity index (χ3n) is 3.88. The molecule has 2 aromatic rings. The average Bonchev–Trinajstić information content (AvgIpc) is 2.75. The van der Waals surface area contributed by atoms with Gasteiger partial charge in [0, 0.05) is 32.6 Å². The van der Waals surface area contributed by atoms with Crippen molar-refractivity contribution >= 4 is 22.7 Å². The summed E-state index contributed by atoms with van der Waals surface area (Å²) in [5.41, 5.74) is 1.03. The van der Waals surface area contributed by atoms with Gasteiger partial charge in [-0.1, -0.05) is 25.0 Å². The van der Waals surface area contributed by atoms with Gasteiger partial charge in [0.1, 0.15) is 5.82 Å². The smallest absolute Gasteiger partial charge is 0.227 e. The zero-order chi connectivity index (χ0) is 13.9. The Kier molecular flexibility index (Phi) is 3.72. The van der Waals surface area contributed by atoms with E-state index in [0.717, 1.165) is 30.4 Å². The third-order valence-corrected chi connectivity index (χ3v) is 3.88. The predicted molar refractivity (Wildman–Crippen MR) is 84.5 cm³/mol. The molecule has 3 rings (SSSR count). The molecule has 0 spiro atoms. The van der Waals surface area contributed by atoms with Gasteiger partial charge in [0.15, 0.2) is 0 Å². The van der Waals surface area contributed by atoms with E-state index in [4.69, 9.17) is 4.98 Å². The van der Waals surface area contributed by atoms with Crippen LogP contribution in [-0.2, 0) is 0 Å². The Morgan fingerprint density at radius 1 is 0.950 bits per heavy atom. The SMILES string of the molecule is CN(C)c1nc(N2CCCCCC2)c2ccccc2n1. The number of hydrogen-bond donors (Lipinski definition) is 0. The highest BCUT2D eigenvalue weighted by atomic mass is 15.3. The maximum atomic E-state index is 4.81. The van der Waals surface area contributed by atoms with E-state index in [0.29, 0.717) is 0 Å². The lowest BCUT2D eigenvalue weighted by molar-refractivity contribution is 0.726. The first kappa shape index (κ1) is 13.2. The van der Waals surface area contributed by atoms with E-state index >= 15 is 0 Å². The van der Waals surface area contributed by atoms with Crippen LogP contribution in [0.2, 0.25) is 0 Å². The molecule has 1 saturated heterocycles. The van der Waals surface area contributed by atoms with Crippen molar-refractivity contribution < 1.29 is 0 Å². The topological polar surface area (TPSA) is 32.3 Å². The molecule has 1 aliphatic heterocycles. The highest BCUT2D eigenvalue weighted by Gasteiger charge is 2.16. The first-order valence-electron chi connectivity index (χ1n) is 7.45. The summed E-state index contributed by atoms with van der Waals surface area (Å²) in [6.45, 7) is 2.21. The summed E-state index contributed by atoms with van der Waals surface area (Å²) in [4.78, 5) is 13.9. The van der Waals surface area contributed by atoms with Gasteiger partial charge in [0.25, 0.3) is 0 Å². The first-order chi connectivity index (χ1) is 9.75. The van der Waals surface area contributed by atoms with Crippen molar-refractivity contribution in [2.45, 2.75) is 25.7 Å². The van der Waals surface area contributed by atoms with Gasteiger partial charge in [-0.25, -0.2) is 4.98 Å². The van der Waals surface area contributed by atoms with E-state index in [1.807, 2.05) is 25.1 Å². The predicted octanol–water partition coefficient (Wildman–Crippen LogP) is 3.08. The first-order valence-corrected chi connectivity index (χ1v) is 7.45. The van der Waals surface area contributed by atoms with Crippen LogP contribution >= 0.6 is 0 Å². The Bertz CT molecular complexity index is 586. The van der Waals surface area contributed by atoms with Crippen molar-refractivity contribution in [3.8, 4) is 0 Å². The number of hydrogen-bond acceptors (Lipinski definition) is 4. The number of benzene rings is 1. The maximum Gasteiger partial charge on any atom is 0.227 e. The van der Waals surface area contributed by atoms with Crippen molar-refractivity contribution in [2.24, 2.45) is 0 Å². The van der Waals surface area contributed by atoms with E-state index in [1.165, 1.54) is 31.1 Å². The molecule has 0 radical (unpaired) electrons. The summed E-state index contributed by atoms with van der Waals surface area (Å²) < 4.78 is 0. The molecule has 106 valence electrons. The minimum atomic E-state index is 0.794. The van der Waals surface area contributed by atoms with E-state index in [2.05, 4.69) is 28.1 Å². The van der Waals surface area contributed by atoms with Gasteiger partial charge in [-0.3, -0.25) is 0 Å². The summed E-state index contributed by atoms with van der Waals surface area (Å²) in [6, 6.07) is 8.32. The van der Waals surface area contributed by atoms with Crippen LogP contribution in [0, 0.1) is 0 Å². The molecule has 0 aliphatic carbocycles. The molecule has 0 amide bonds. The van der Waals surface area contributed by atoms with E-state index in [-0.39, 0.29) is 0 Å². The van der Waals surface area contributed by atoms with Gasteiger partial charge in [-0.15, -0.1) is 0 Å². The molecular formula is C16H22N4. The molecule has 4 heteroatoms. The van der Waals surface area contributed by atoms with Gasteiger partial charge in [0.05, 0.1) is 5.52 Å². The lowest BCUT2D eigenvalue weighted by Crippen LogP contribution is -2.26. The molecule has 0 N–H and O–H groups in total. The van der Waals surface area contributed by atoms with E-state index in [9.17, 15) is 0 Å². The van der Waals surface area contributed by atoms with E-state index in [1.54, 1.807) is 0 Å². The fourth-order valence-corrected chi connectivity index (χ4v) is 2.77.